The van der Waals surface area contributed by atoms with Gasteiger partial charge in [-0.1, -0.05) is 6.92 Å². The molecule has 0 aromatic heterocycles. The van der Waals surface area contributed by atoms with Crippen LogP contribution in [0.25, 0.3) is 0 Å². The molecule has 0 spiro atoms. The van der Waals surface area contributed by atoms with Crippen LogP contribution >= 0.6 is 8.03 Å². The molecule has 0 saturated heterocycles. The first kappa shape index (κ1) is 13.0. The summed E-state index contributed by atoms with van der Waals surface area (Å²) in [7, 11) is -2.23. The van der Waals surface area contributed by atoms with E-state index in [1.807, 2.05) is 20.8 Å². The van der Waals surface area contributed by atoms with Gasteiger partial charge in [-0.15, -0.1) is 0 Å². The molecular formula is C8H18O4P+. The van der Waals surface area contributed by atoms with Crippen LogP contribution in [-0.2, 0) is 14.0 Å². The van der Waals surface area contributed by atoms with Crippen molar-refractivity contribution in [2.75, 3.05) is 13.2 Å². The van der Waals surface area contributed by atoms with Crippen molar-refractivity contribution in [2.45, 2.75) is 39.1 Å². The maximum atomic E-state index is 10.9. The molecule has 0 aromatic rings. The molecule has 0 aliphatic heterocycles. The molecule has 0 aromatic carbocycles. The highest BCUT2D eigenvalue weighted by Gasteiger charge is 2.37. The van der Waals surface area contributed by atoms with E-state index >= 15 is 0 Å². The molecule has 0 heterocycles. The Morgan fingerprint density at radius 3 is 1.92 bits per heavy atom. The fourth-order valence-electron chi connectivity index (χ4n) is 1.05. The van der Waals surface area contributed by atoms with Crippen LogP contribution in [0.15, 0.2) is 0 Å². The van der Waals surface area contributed by atoms with Crippen LogP contribution in [0.3, 0.4) is 0 Å². The lowest BCUT2D eigenvalue weighted by molar-refractivity contribution is -0.137. The molecule has 0 amide bonds. The van der Waals surface area contributed by atoms with E-state index in [1.54, 1.807) is 0 Å². The van der Waals surface area contributed by atoms with E-state index in [1.165, 1.54) is 0 Å². The molecule has 0 rings (SSSR count). The molecule has 0 bridgehead atoms. The second-order valence-corrected chi connectivity index (χ2v) is 3.83. The minimum atomic E-state index is -2.23. The van der Waals surface area contributed by atoms with E-state index in [-0.39, 0.29) is 0 Å². The van der Waals surface area contributed by atoms with Crippen LogP contribution < -0.4 is 0 Å². The summed E-state index contributed by atoms with van der Waals surface area (Å²) in [6.07, 6.45) is 0.0322. The van der Waals surface area contributed by atoms with E-state index in [4.69, 9.17) is 14.4 Å². The Morgan fingerprint density at radius 1 is 1.23 bits per heavy atom. The normalized spacial score (nSPS) is 14.7. The number of hydrogen-bond donors (Lipinski definition) is 1. The van der Waals surface area contributed by atoms with Crippen LogP contribution in [0.4, 0.5) is 0 Å². The second kappa shape index (κ2) is 7.39. The minimum Gasteiger partial charge on any atom is -0.349 e. The molecule has 0 radical (unpaired) electrons. The van der Waals surface area contributed by atoms with Crippen molar-refractivity contribution < 1.29 is 18.9 Å². The largest absolute Gasteiger partial charge is 0.514 e. The lowest BCUT2D eigenvalue weighted by atomic mass is 10.3. The fraction of sp³-hybridized carbons (Fsp3) is 1.00. The highest BCUT2D eigenvalue weighted by Crippen LogP contribution is 2.30. The predicted octanol–water partition coefficient (Wildman–Crippen LogP) is 1.90. The van der Waals surface area contributed by atoms with E-state index in [0.29, 0.717) is 19.6 Å². The van der Waals surface area contributed by atoms with E-state index in [9.17, 15) is 4.57 Å². The third kappa shape index (κ3) is 4.67. The van der Waals surface area contributed by atoms with Crippen LogP contribution in [0.2, 0.25) is 0 Å². The summed E-state index contributed by atoms with van der Waals surface area (Å²) < 4.78 is 21.4. The Kier molecular flexibility index (Phi) is 7.38. The monoisotopic (exact) mass is 209 g/mol. The van der Waals surface area contributed by atoms with Gasteiger partial charge in [0.15, 0.2) is 0 Å². The molecule has 1 N–H and O–H groups in total. The summed E-state index contributed by atoms with van der Waals surface area (Å²) >= 11 is 0. The van der Waals surface area contributed by atoms with Crippen LogP contribution in [0, 0.1) is 0 Å². The van der Waals surface area contributed by atoms with Crippen molar-refractivity contribution in [1.29, 1.82) is 0 Å². The average molecular weight is 209 g/mol. The SMILES string of the molecule is CCOC(OCC)C(CC)[P+](=O)O. The van der Waals surface area contributed by atoms with Gasteiger partial charge >= 0.3 is 8.03 Å². The van der Waals surface area contributed by atoms with E-state index in [0.717, 1.165) is 0 Å². The zero-order valence-electron chi connectivity index (χ0n) is 8.40. The van der Waals surface area contributed by atoms with Crippen LogP contribution in [0.1, 0.15) is 27.2 Å². The van der Waals surface area contributed by atoms with Gasteiger partial charge in [-0.3, -0.25) is 0 Å². The summed E-state index contributed by atoms with van der Waals surface area (Å²) in [6.45, 7) is 6.50. The minimum absolute atomic E-state index is 0.421. The second-order valence-electron chi connectivity index (χ2n) is 2.56. The molecule has 78 valence electrons. The van der Waals surface area contributed by atoms with Crippen molar-refractivity contribution >= 4 is 8.03 Å². The molecule has 13 heavy (non-hydrogen) atoms. The molecule has 4 nitrogen and oxygen atoms in total. The topological polar surface area (TPSA) is 55.8 Å². The quantitative estimate of drug-likeness (QED) is 0.514. The van der Waals surface area contributed by atoms with Gasteiger partial charge in [-0.25, -0.2) is 0 Å². The van der Waals surface area contributed by atoms with Gasteiger partial charge in [0.1, 0.15) is 0 Å². The summed E-state index contributed by atoms with van der Waals surface area (Å²) in [5.74, 6) is 0. The van der Waals surface area contributed by atoms with Crippen molar-refractivity contribution in [3.05, 3.63) is 0 Å². The van der Waals surface area contributed by atoms with Gasteiger partial charge in [-0.2, -0.15) is 4.89 Å². The van der Waals surface area contributed by atoms with Crippen molar-refractivity contribution in [1.82, 2.24) is 0 Å². The standard InChI is InChI=1S/C8H17O4P/c1-4-7(13(9)10)8(11-5-2)12-6-3/h7-8H,4-6H2,1-3H3/p+1. The lowest BCUT2D eigenvalue weighted by Crippen LogP contribution is -2.29. The van der Waals surface area contributed by atoms with Crippen molar-refractivity contribution in [3.63, 3.8) is 0 Å². The number of ether oxygens (including phenoxy) is 2. The molecule has 5 heteroatoms. The third-order valence-electron chi connectivity index (χ3n) is 1.68. The van der Waals surface area contributed by atoms with E-state index in [2.05, 4.69) is 0 Å². The van der Waals surface area contributed by atoms with Gasteiger partial charge in [0.2, 0.25) is 11.9 Å². The lowest BCUT2D eigenvalue weighted by Gasteiger charge is -2.17. The first-order valence-corrected chi connectivity index (χ1v) is 5.83. The summed E-state index contributed by atoms with van der Waals surface area (Å²) in [5.41, 5.74) is -0.421. The zero-order valence-corrected chi connectivity index (χ0v) is 9.29. The molecule has 0 fully saturated rings. The maximum Gasteiger partial charge on any atom is 0.514 e. The summed E-state index contributed by atoms with van der Waals surface area (Å²) in [4.78, 5) is 8.99. The molecule has 0 aliphatic rings. The molecule has 0 saturated carbocycles. The van der Waals surface area contributed by atoms with Gasteiger partial charge < -0.3 is 9.47 Å². The zero-order chi connectivity index (χ0) is 10.3. The van der Waals surface area contributed by atoms with Crippen molar-refractivity contribution in [3.8, 4) is 0 Å². The predicted molar refractivity (Wildman–Crippen MR) is 50.9 cm³/mol. The molecule has 2 unspecified atom stereocenters. The molecule has 0 aliphatic carbocycles. The first-order chi connectivity index (χ1) is 6.17. The Hall–Kier alpha value is -0.0200. The van der Waals surface area contributed by atoms with Crippen LogP contribution in [-0.4, -0.2) is 30.1 Å². The average Bonchev–Trinajstić information content (AvgIpc) is 2.05. The Morgan fingerprint density at radius 2 is 1.69 bits per heavy atom. The van der Waals surface area contributed by atoms with Crippen LogP contribution in [0.5, 0.6) is 0 Å². The van der Waals surface area contributed by atoms with Crippen molar-refractivity contribution in [2.24, 2.45) is 0 Å². The Balaban J connectivity index is 4.20. The number of hydrogen-bond acceptors (Lipinski definition) is 3. The first-order valence-electron chi connectivity index (χ1n) is 4.55. The maximum absolute atomic E-state index is 10.9. The molecular weight excluding hydrogens is 191 g/mol. The third-order valence-corrected chi connectivity index (χ3v) is 2.85. The van der Waals surface area contributed by atoms with Gasteiger partial charge in [0, 0.05) is 13.2 Å². The Bertz CT molecular complexity index is 145. The summed E-state index contributed by atoms with van der Waals surface area (Å²) in [6, 6.07) is 0. The fourth-order valence-corrected chi connectivity index (χ4v) is 1.74. The summed E-state index contributed by atoms with van der Waals surface area (Å²) in [5, 5.41) is 0. The van der Waals surface area contributed by atoms with Gasteiger partial charge in [0.25, 0.3) is 0 Å². The highest BCUT2D eigenvalue weighted by atomic mass is 31.1. The Labute approximate surface area is 80.1 Å². The van der Waals surface area contributed by atoms with Gasteiger partial charge in [-0.05, 0) is 24.8 Å². The van der Waals surface area contributed by atoms with Gasteiger partial charge in [0.05, 0.1) is 0 Å². The highest BCUT2D eigenvalue weighted by molar-refractivity contribution is 7.39. The van der Waals surface area contributed by atoms with E-state index < -0.39 is 20.0 Å². The molecule has 2 atom stereocenters. The smallest absolute Gasteiger partial charge is 0.349 e. The number of rotatable bonds is 7.